The number of anilines is 1. The van der Waals surface area contributed by atoms with Gasteiger partial charge in [-0.15, -0.1) is 0 Å². The minimum absolute atomic E-state index is 0.0544. The second-order valence-electron chi connectivity index (χ2n) is 7.04. The van der Waals surface area contributed by atoms with Crippen molar-refractivity contribution in [1.29, 1.82) is 0 Å². The Bertz CT molecular complexity index is 1060. The average Bonchev–Trinajstić information content (AvgIpc) is 3.11. The van der Waals surface area contributed by atoms with Crippen LogP contribution >= 0.6 is 0 Å². The molecule has 1 atom stereocenters. The van der Waals surface area contributed by atoms with E-state index in [1.165, 1.54) is 11.1 Å². The van der Waals surface area contributed by atoms with Crippen molar-refractivity contribution in [2.75, 3.05) is 12.4 Å². The van der Waals surface area contributed by atoms with E-state index in [9.17, 15) is 14.7 Å². The molecule has 1 heterocycles. The molecule has 2 aromatic carbocycles. The number of nitrogens with one attached hydrogen (secondary N) is 2. The second kappa shape index (κ2) is 7.34. The van der Waals surface area contributed by atoms with Gasteiger partial charge in [-0.1, -0.05) is 6.07 Å². The van der Waals surface area contributed by atoms with Crippen molar-refractivity contribution in [3.63, 3.8) is 0 Å². The summed E-state index contributed by atoms with van der Waals surface area (Å²) in [7, 11) is 1.65. The Morgan fingerprint density at radius 2 is 2.14 bits per heavy atom. The monoisotopic (exact) mass is 379 g/mol. The van der Waals surface area contributed by atoms with Crippen LogP contribution in [0.3, 0.4) is 0 Å². The minimum atomic E-state index is -1.11. The molecule has 0 spiro atoms. The van der Waals surface area contributed by atoms with Crippen LogP contribution in [0, 0.1) is 0 Å². The largest absolute Gasteiger partial charge is 0.497 e. The number of carbonyl (C=O) groups is 2. The quantitative estimate of drug-likeness (QED) is 0.627. The SMILES string of the molecule is COc1ccc2c(c1)CCCC2CC(=O)Nc1ccc2[nH]nc(C(=O)O)c2c1. The van der Waals surface area contributed by atoms with E-state index in [4.69, 9.17) is 4.74 Å². The number of fused-ring (bicyclic) bond motifs is 2. The van der Waals surface area contributed by atoms with Gasteiger partial charge in [-0.05, 0) is 66.6 Å². The first-order chi connectivity index (χ1) is 13.5. The third-order valence-corrected chi connectivity index (χ3v) is 5.27. The van der Waals surface area contributed by atoms with Gasteiger partial charge in [0.05, 0.1) is 12.6 Å². The van der Waals surface area contributed by atoms with E-state index in [2.05, 4.69) is 27.6 Å². The zero-order valence-corrected chi connectivity index (χ0v) is 15.5. The van der Waals surface area contributed by atoms with E-state index in [1.807, 2.05) is 6.07 Å². The van der Waals surface area contributed by atoms with E-state index >= 15 is 0 Å². The Morgan fingerprint density at radius 3 is 2.93 bits per heavy atom. The van der Waals surface area contributed by atoms with E-state index in [-0.39, 0.29) is 17.5 Å². The van der Waals surface area contributed by atoms with Gasteiger partial charge >= 0.3 is 5.97 Å². The van der Waals surface area contributed by atoms with Crippen LogP contribution in [0.15, 0.2) is 36.4 Å². The van der Waals surface area contributed by atoms with Gasteiger partial charge in [-0.3, -0.25) is 9.89 Å². The van der Waals surface area contributed by atoms with Crippen molar-refractivity contribution < 1.29 is 19.4 Å². The summed E-state index contributed by atoms with van der Waals surface area (Å²) in [6.45, 7) is 0. The van der Waals surface area contributed by atoms with E-state index in [0.29, 0.717) is 23.0 Å². The molecule has 1 aliphatic carbocycles. The van der Waals surface area contributed by atoms with Crippen LogP contribution in [0.25, 0.3) is 10.9 Å². The third kappa shape index (κ3) is 3.43. The van der Waals surface area contributed by atoms with Crippen LogP contribution in [-0.4, -0.2) is 34.3 Å². The Hall–Kier alpha value is -3.35. The van der Waals surface area contributed by atoms with Gasteiger partial charge in [0.25, 0.3) is 0 Å². The topological polar surface area (TPSA) is 104 Å². The molecule has 7 heteroatoms. The number of nitrogens with zero attached hydrogens (tertiary/aromatic N) is 1. The lowest BCUT2D eigenvalue weighted by molar-refractivity contribution is -0.116. The molecule has 3 aromatic rings. The van der Waals surface area contributed by atoms with Gasteiger partial charge in [0, 0.05) is 17.5 Å². The number of aryl methyl sites for hydroxylation is 1. The molecule has 3 N–H and O–H groups in total. The number of carboxylic acids is 1. The summed E-state index contributed by atoms with van der Waals surface area (Å²) in [4.78, 5) is 23.9. The molecule has 1 amide bonds. The molecule has 1 aromatic heterocycles. The van der Waals surface area contributed by atoms with Gasteiger partial charge in [0.2, 0.25) is 5.91 Å². The summed E-state index contributed by atoms with van der Waals surface area (Å²) in [6, 6.07) is 11.1. The van der Waals surface area contributed by atoms with Crippen molar-refractivity contribution in [2.45, 2.75) is 31.6 Å². The lowest BCUT2D eigenvalue weighted by atomic mass is 9.81. The zero-order valence-electron chi connectivity index (χ0n) is 15.5. The molecule has 1 unspecified atom stereocenters. The number of aromatic amines is 1. The Morgan fingerprint density at radius 1 is 1.29 bits per heavy atom. The molecule has 4 rings (SSSR count). The molecule has 0 aliphatic heterocycles. The molecule has 0 saturated heterocycles. The summed E-state index contributed by atoms with van der Waals surface area (Å²) in [5, 5.41) is 19.1. The number of H-pyrrole nitrogens is 1. The van der Waals surface area contributed by atoms with E-state index in [1.54, 1.807) is 25.3 Å². The number of methoxy groups -OCH3 is 1. The first-order valence-corrected chi connectivity index (χ1v) is 9.23. The highest BCUT2D eigenvalue weighted by molar-refractivity contribution is 6.03. The maximum Gasteiger partial charge on any atom is 0.357 e. The molecule has 28 heavy (non-hydrogen) atoms. The lowest BCUT2D eigenvalue weighted by Gasteiger charge is -2.25. The predicted molar refractivity (Wildman–Crippen MR) is 105 cm³/mol. The molecular formula is C21H21N3O4. The number of ether oxygens (including phenoxy) is 1. The smallest absolute Gasteiger partial charge is 0.357 e. The van der Waals surface area contributed by atoms with E-state index < -0.39 is 5.97 Å². The van der Waals surface area contributed by atoms with Gasteiger partial charge in [-0.25, -0.2) is 4.79 Å². The van der Waals surface area contributed by atoms with Crippen LogP contribution in [0.1, 0.15) is 46.8 Å². The molecule has 0 bridgehead atoms. The second-order valence-corrected chi connectivity index (χ2v) is 7.04. The van der Waals surface area contributed by atoms with Crippen molar-refractivity contribution in [3.05, 3.63) is 53.2 Å². The molecule has 7 nitrogen and oxygen atoms in total. The fourth-order valence-electron chi connectivity index (χ4n) is 3.92. The summed E-state index contributed by atoms with van der Waals surface area (Å²) >= 11 is 0. The number of aromatic nitrogens is 2. The Kier molecular flexibility index (Phi) is 4.73. The fourth-order valence-corrected chi connectivity index (χ4v) is 3.92. The van der Waals surface area contributed by atoms with Crippen LogP contribution in [-0.2, 0) is 11.2 Å². The number of hydrogen-bond donors (Lipinski definition) is 3. The number of carboxylic acid groups (broad SMARTS) is 1. The molecule has 0 radical (unpaired) electrons. The highest BCUT2D eigenvalue weighted by Crippen LogP contribution is 2.36. The molecule has 0 saturated carbocycles. The van der Waals surface area contributed by atoms with Crippen LogP contribution in [0.4, 0.5) is 5.69 Å². The maximum atomic E-state index is 12.6. The maximum absolute atomic E-state index is 12.6. The molecule has 144 valence electrons. The molecule has 0 fully saturated rings. The van der Waals surface area contributed by atoms with Gasteiger partial charge < -0.3 is 15.2 Å². The van der Waals surface area contributed by atoms with Crippen molar-refractivity contribution in [2.24, 2.45) is 0 Å². The fraction of sp³-hybridized carbons (Fsp3) is 0.286. The number of rotatable bonds is 5. The number of aromatic carboxylic acids is 1. The minimum Gasteiger partial charge on any atom is -0.497 e. The number of carbonyl (C=O) groups excluding carboxylic acids is 1. The number of hydrogen-bond acceptors (Lipinski definition) is 4. The van der Waals surface area contributed by atoms with Crippen molar-refractivity contribution in [1.82, 2.24) is 10.2 Å². The number of benzene rings is 2. The third-order valence-electron chi connectivity index (χ3n) is 5.27. The van der Waals surface area contributed by atoms with Crippen LogP contribution < -0.4 is 10.1 Å². The van der Waals surface area contributed by atoms with Crippen molar-refractivity contribution in [3.8, 4) is 5.75 Å². The van der Waals surface area contributed by atoms with Crippen LogP contribution in [0.5, 0.6) is 5.75 Å². The van der Waals surface area contributed by atoms with E-state index in [0.717, 1.165) is 25.0 Å². The van der Waals surface area contributed by atoms with Crippen molar-refractivity contribution >= 4 is 28.5 Å². The van der Waals surface area contributed by atoms with Crippen LogP contribution in [0.2, 0.25) is 0 Å². The van der Waals surface area contributed by atoms with Gasteiger partial charge in [-0.2, -0.15) is 5.10 Å². The van der Waals surface area contributed by atoms with Gasteiger partial charge in [0.1, 0.15) is 5.75 Å². The lowest BCUT2D eigenvalue weighted by Crippen LogP contribution is -2.19. The summed E-state index contributed by atoms with van der Waals surface area (Å²) in [5.74, 6) is -0.189. The summed E-state index contributed by atoms with van der Waals surface area (Å²) in [6.07, 6.45) is 3.39. The normalized spacial score (nSPS) is 15.8. The Labute approximate surface area is 161 Å². The predicted octanol–water partition coefficient (Wildman–Crippen LogP) is 3.72. The number of amides is 1. The average molecular weight is 379 g/mol. The highest BCUT2D eigenvalue weighted by Gasteiger charge is 2.23. The molecule has 1 aliphatic rings. The first-order valence-electron chi connectivity index (χ1n) is 9.23. The van der Waals surface area contributed by atoms with Gasteiger partial charge in [0.15, 0.2) is 5.69 Å². The summed E-state index contributed by atoms with van der Waals surface area (Å²) in [5.41, 5.74) is 3.58. The Balaban J connectivity index is 1.50. The standard InChI is InChI=1S/C21H21N3O4/c1-28-15-6-7-16-12(9-15)3-2-4-13(16)10-19(25)22-14-5-8-18-17(11-14)20(21(26)27)24-23-18/h5-9,11,13H,2-4,10H2,1H3,(H,22,25)(H,23,24)(H,26,27). The highest BCUT2D eigenvalue weighted by atomic mass is 16.5. The first kappa shape index (κ1) is 18.0. The summed E-state index contributed by atoms with van der Waals surface area (Å²) < 4.78 is 5.30. The zero-order chi connectivity index (χ0) is 19.7. The molecular weight excluding hydrogens is 358 g/mol.